The number of piperidine rings is 1. The summed E-state index contributed by atoms with van der Waals surface area (Å²) in [5.74, 6) is 0.346. The number of sulfonamides is 1. The number of nitrogens with zero attached hydrogens (tertiary/aromatic N) is 1. The van der Waals surface area contributed by atoms with Crippen molar-refractivity contribution in [2.24, 2.45) is 5.92 Å². The van der Waals surface area contributed by atoms with Crippen LogP contribution in [0.4, 0.5) is 0 Å². The van der Waals surface area contributed by atoms with Crippen LogP contribution in [-0.2, 0) is 10.0 Å². The summed E-state index contributed by atoms with van der Waals surface area (Å²) in [6.45, 7) is 1.91. The number of halogens is 3. The van der Waals surface area contributed by atoms with E-state index in [9.17, 15) is 8.42 Å². The summed E-state index contributed by atoms with van der Waals surface area (Å²) in [6, 6.07) is 4.43. The monoisotopic (exact) mass is 372 g/mol. The highest BCUT2D eigenvalue weighted by Crippen LogP contribution is 2.27. The highest BCUT2D eigenvalue weighted by atomic mass is 35.5. The van der Waals surface area contributed by atoms with Gasteiger partial charge in [0.15, 0.2) is 0 Å². The van der Waals surface area contributed by atoms with Gasteiger partial charge in [0, 0.05) is 23.1 Å². The second-order valence-electron chi connectivity index (χ2n) is 5.03. The molecule has 0 amide bonds. The molecule has 0 aromatic heterocycles. The highest BCUT2D eigenvalue weighted by Gasteiger charge is 2.30. The van der Waals surface area contributed by atoms with Crippen molar-refractivity contribution in [3.8, 4) is 0 Å². The zero-order chi connectivity index (χ0) is 14.8. The molecule has 2 rings (SSSR count). The summed E-state index contributed by atoms with van der Waals surface area (Å²) in [6.07, 6.45) is 1.92. The van der Waals surface area contributed by atoms with Crippen molar-refractivity contribution < 1.29 is 8.42 Å². The molecule has 0 radical (unpaired) electrons. The molecule has 120 valence electrons. The van der Waals surface area contributed by atoms with Crippen molar-refractivity contribution >= 4 is 45.6 Å². The molecule has 1 aromatic rings. The van der Waals surface area contributed by atoms with Crippen LogP contribution in [-0.4, -0.2) is 39.4 Å². The van der Waals surface area contributed by atoms with Crippen LogP contribution in [0.5, 0.6) is 0 Å². The fourth-order valence-electron chi connectivity index (χ4n) is 2.53. The minimum absolute atomic E-state index is 0. The third-order valence-electron chi connectivity index (χ3n) is 3.45. The van der Waals surface area contributed by atoms with Crippen LogP contribution in [0.3, 0.4) is 0 Å². The Labute approximate surface area is 142 Å². The average molecular weight is 374 g/mol. The zero-order valence-corrected chi connectivity index (χ0v) is 14.8. The Bertz CT molecular complexity index is 559. The minimum Gasteiger partial charge on any atom is -0.319 e. The van der Waals surface area contributed by atoms with Gasteiger partial charge in [-0.05, 0) is 50.6 Å². The normalized spacial score (nSPS) is 20.0. The molecule has 0 spiro atoms. The standard InChI is InChI=1S/C13H18Cl2N2O2S.ClH/c1-16-8-10-3-2-4-17(9-10)20(18,19)13-6-11(14)5-12(15)7-13;/h5-7,10,16H,2-4,8-9H2,1H3;1H. The highest BCUT2D eigenvalue weighted by molar-refractivity contribution is 7.89. The van der Waals surface area contributed by atoms with Crippen LogP contribution in [0.15, 0.2) is 23.1 Å². The van der Waals surface area contributed by atoms with Crippen LogP contribution in [0.2, 0.25) is 10.0 Å². The van der Waals surface area contributed by atoms with E-state index in [1.54, 1.807) is 0 Å². The smallest absolute Gasteiger partial charge is 0.243 e. The average Bonchev–Trinajstić information content (AvgIpc) is 2.38. The molecule has 21 heavy (non-hydrogen) atoms. The predicted molar refractivity (Wildman–Crippen MR) is 89.1 cm³/mol. The Morgan fingerprint density at radius 2 is 1.90 bits per heavy atom. The van der Waals surface area contributed by atoms with Gasteiger partial charge in [0.2, 0.25) is 10.0 Å². The van der Waals surface area contributed by atoms with Gasteiger partial charge >= 0.3 is 0 Å². The van der Waals surface area contributed by atoms with Crippen LogP contribution in [0.25, 0.3) is 0 Å². The number of hydrogen-bond acceptors (Lipinski definition) is 3. The van der Waals surface area contributed by atoms with Crippen LogP contribution < -0.4 is 5.32 Å². The lowest BCUT2D eigenvalue weighted by Gasteiger charge is -2.31. The lowest BCUT2D eigenvalue weighted by atomic mass is 10.00. The maximum Gasteiger partial charge on any atom is 0.243 e. The molecule has 1 unspecified atom stereocenters. The molecule has 1 aromatic carbocycles. The van der Waals surface area contributed by atoms with E-state index in [1.807, 2.05) is 7.05 Å². The molecule has 1 aliphatic rings. The third-order valence-corrected chi connectivity index (χ3v) is 5.73. The first-order valence-electron chi connectivity index (χ1n) is 6.54. The Morgan fingerprint density at radius 3 is 2.48 bits per heavy atom. The summed E-state index contributed by atoms with van der Waals surface area (Å²) in [4.78, 5) is 0.167. The summed E-state index contributed by atoms with van der Waals surface area (Å²) >= 11 is 11.8. The number of nitrogens with one attached hydrogen (secondary N) is 1. The second-order valence-corrected chi connectivity index (χ2v) is 7.84. The molecule has 1 saturated heterocycles. The topological polar surface area (TPSA) is 49.4 Å². The lowest BCUT2D eigenvalue weighted by molar-refractivity contribution is 0.263. The Hall–Kier alpha value is -0.0400. The van der Waals surface area contributed by atoms with E-state index in [-0.39, 0.29) is 17.3 Å². The first kappa shape index (κ1) is 19.0. The summed E-state index contributed by atoms with van der Waals surface area (Å²) < 4.78 is 26.8. The van der Waals surface area contributed by atoms with E-state index in [2.05, 4.69) is 5.32 Å². The maximum atomic E-state index is 12.6. The molecular formula is C13H19Cl3N2O2S. The van der Waals surface area contributed by atoms with E-state index in [4.69, 9.17) is 23.2 Å². The van der Waals surface area contributed by atoms with Crippen molar-refractivity contribution in [2.75, 3.05) is 26.7 Å². The quantitative estimate of drug-likeness (QED) is 0.882. The summed E-state index contributed by atoms with van der Waals surface area (Å²) in [5, 5.41) is 3.77. The Kier molecular flexibility index (Phi) is 7.24. The molecule has 1 aliphatic heterocycles. The SMILES string of the molecule is CNCC1CCCN(S(=O)(=O)c2cc(Cl)cc(Cl)c2)C1.Cl. The molecule has 0 bridgehead atoms. The number of hydrogen-bond donors (Lipinski definition) is 1. The fraction of sp³-hybridized carbons (Fsp3) is 0.538. The lowest BCUT2D eigenvalue weighted by Crippen LogP contribution is -2.42. The van der Waals surface area contributed by atoms with Crippen LogP contribution in [0, 0.1) is 5.92 Å². The first-order valence-corrected chi connectivity index (χ1v) is 8.74. The molecule has 4 nitrogen and oxygen atoms in total. The number of benzene rings is 1. The van der Waals surface area contributed by atoms with Crippen molar-refractivity contribution in [2.45, 2.75) is 17.7 Å². The zero-order valence-electron chi connectivity index (χ0n) is 11.7. The van der Waals surface area contributed by atoms with Gasteiger partial charge in [-0.2, -0.15) is 4.31 Å². The largest absolute Gasteiger partial charge is 0.319 e. The van der Waals surface area contributed by atoms with E-state index in [1.165, 1.54) is 22.5 Å². The molecule has 0 saturated carbocycles. The summed E-state index contributed by atoms with van der Waals surface area (Å²) in [5.41, 5.74) is 0. The number of rotatable bonds is 4. The first-order chi connectivity index (χ1) is 9.43. The van der Waals surface area contributed by atoms with Gasteiger partial charge < -0.3 is 5.32 Å². The van der Waals surface area contributed by atoms with Gasteiger partial charge in [0.1, 0.15) is 0 Å². The van der Waals surface area contributed by atoms with E-state index in [0.717, 1.165) is 19.4 Å². The van der Waals surface area contributed by atoms with Crippen molar-refractivity contribution in [1.82, 2.24) is 9.62 Å². The molecule has 0 aliphatic carbocycles. The molecule has 1 fully saturated rings. The molecule has 1 atom stereocenters. The fourth-order valence-corrected chi connectivity index (χ4v) is 4.81. The van der Waals surface area contributed by atoms with Gasteiger partial charge in [-0.1, -0.05) is 23.2 Å². The van der Waals surface area contributed by atoms with Gasteiger partial charge in [0.25, 0.3) is 0 Å². The predicted octanol–water partition coefficient (Wildman–Crippen LogP) is 3.04. The van der Waals surface area contributed by atoms with Gasteiger partial charge in [-0.3, -0.25) is 0 Å². The second kappa shape index (κ2) is 7.99. The van der Waals surface area contributed by atoms with Gasteiger partial charge in [-0.25, -0.2) is 8.42 Å². The third kappa shape index (κ3) is 4.71. The van der Waals surface area contributed by atoms with Gasteiger partial charge in [-0.15, -0.1) is 12.4 Å². The molecule has 8 heteroatoms. The Morgan fingerprint density at radius 1 is 1.29 bits per heavy atom. The van der Waals surface area contributed by atoms with E-state index in [0.29, 0.717) is 29.1 Å². The van der Waals surface area contributed by atoms with Gasteiger partial charge in [0.05, 0.1) is 4.90 Å². The van der Waals surface area contributed by atoms with Crippen molar-refractivity contribution in [3.63, 3.8) is 0 Å². The van der Waals surface area contributed by atoms with E-state index < -0.39 is 10.0 Å². The molecule has 1 heterocycles. The summed E-state index contributed by atoms with van der Waals surface area (Å²) in [7, 11) is -1.64. The van der Waals surface area contributed by atoms with E-state index >= 15 is 0 Å². The van der Waals surface area contributed by atoms with Crippen LogP contribution in [0.1, 0.15) is 12.8 Å². The van der Waals surface area contributed by atoms with Crippen LogP contribution >= 0.6 is 35.6 Å². The Balaban J connectivity index is 0.00000220. The molecule has 1 N–H and O–H groups in total. The molecular weight excluding hydrogens is 355 g/mol. The maximum absolute atomic E-state index is 12.6. The minimum atomic E-state index is -3.52. The van der Waals surface area contributed by atoms with Crippen molar-refractivity contribution in [1.29, 1.82) is 0 Å². The van der Waals surface area contributed by atoms with Crippen molar-refractivity contribution in [3.05, 3.63) is 28.2 Å².